The van der Waals surface area contributed by atoms with Gasteiger partial charge in [-0.1, -0.05) is 12.1 Å². The van der Waals surface area contributed by atoms with Crippen LogP contribution in [0.2, 0.25) is 0 Å². The van der Waals surface area contributed by atoms with E-state index in [9.17, 15) is 14.9 Å². The summed E-state index contributed by atoms with van der Waals surface area (Å²) in [4.78, 5) is 30.9. The Balaban J connectivity index is 1.52. The fraction of sp³-hybridized carbons (Fsp3) is 0.118. The normalized spacial score (nSPS) is 10.3. The maximum absolute atomic E-state index is 12.0. The van der Waals surface area contributed by atoms with Gasteiger partial charge in [-0.25, -0.2) is 4.98 Å². The number of nitro benzene ring substituents is 1. The number of pyridine rings is 1. The van der Waals surface area contributed by atoms with Crippen molar-refractivity contribution in [2.75, 3.05) is 17.2 Å². The van der Waals surface area contributed by atoms with Gasteiger partial charge in [0, 0.05) is 42.4 Å². The molecular weight excluding hydrogens is 354 g/mol. The van der Waals surface area contributed by atoms with Crippen LogP contribution in [0.4, 0.5) is 16.5 Å². The van der Waals surface area contributed by atoms with E-state index in [1.54, 1.807) is 30.6 Å². The van der Waals surface area contributed by atoms with E-state index in [0.717, 1.165) is 11.3 Å². The number of rotatable bonds is 7. The van der Waals surface area contributed by atoms with Crippen molar-refractivity contribution in [2.24, 2.45) is 0 Å². The molecule has 3 rings (SSSR count). The zero-order chi connectivity index (χ0) is 18.4. The van der Waals surface area contributed by atoms with Crippen molar-refractivity contribution in [3.8, 4) is 11.3 Å². The van der Waals surface area contributed by atoms with Crippen LogP contribution >= 0.6 is 11.3 Å². The summed E-state index contributed by atoms with van der Waals surface area (Å²) in [5.74, 6) is -0.219. The summed E-state index contributed by atoms with van der Waals surface area (Å²) in [7, 11) is 0. The monoisotopic (exact) mass is 369 g/mol. The summed E-state index contributed by atoms with van der Waals surface area (Å²) >= 11 is 1.33. The second-order valence-corrected chi connectivity index (χ2v) is 6.14. The Morgan fingerprint density at radius 1 is 1.23 bits per heavy atom. The van der Waals surface area contributed by atoms with Gasteiger partial charge in [-0.2, -0.15) is 0 Å². The molecule has 2 heterocycles. The number of benzene rings is 1. The van der Waals surface area contributed by atoms with Crippen molar-refractivity contribution < 1.29 is 9.72 Å². The molecule has 0 saturated heterocycles. The maximum atomic E-state index is 12.0. The van der Waals surface area contributed by atoms with Crippen molar-refractivity contribution in [3.63, 3.8) is 0 Å². The molecule has 1 aromatic carbocycles. The molecule has 2 N–H and O–H groups in total. The molecule has 0 aliphatic heterocycles. The highest BCUT2D eigenvalue weighted by atomic mass is 32.1. The SMILES string of the molecule is O=C(CCNc1ccccc1[N+](=O)[O-])Nc1nc(-c2cccnc2)cs1. The molecule has 0 aliphatic rings. The van der Waals surface area contributed by atoms with Crippen LogP contribution in [0, 0.1) is 10.1 Å². The second kappa shape index (κ2) is 8.17. The van der Waals surface area contributed by atoms with E-state index in [1.165, 1.54) is 17.4 Å². The smallest absolute Gasteiger partial charge is 0.292 e. The highest BCUT2D eigenvalue weighted by Gasteiger charge is 2.12. The fourth-order valence-corrected chi connectivity index (χ4v) is 2.99. The van der Waals surface area contributed by atoms with E-state index < -0.39 is 4.92 Å². The number of aromatic nitrogens is 2. The Hall–Kier alpha value is -3.33. The largest absolute Gasteiger partial charge is 0.379 e. The Labute approximate surface area is 153 Å². The molecule has 0 unspecified atom stereocenters. The Bertz CT molecular complexity index is 914. The van der Waals surface area contributed by atoms with E-state index in [-0.39, 0.29) is 24.6 Å². The quantitative estimate of drug-likeness (QED) is 0.487. The van der Waals surface area contributed by atoms with Crippen LogP contribution in [0.5, 0.6) is 0 Å². The number of carbonyl (C=O) groups is 1. The van der Waals surface area contributed by atoms with Crippen LogP contribution in [0.3, 0.4) is 0 Å². The first-order valence-electron chi connectivity index (χ1n) is 7.76. The molecule has 2 aromatic heterocycles. The summed E-state index contributed by atoms with van der Waals surface area (Å²) in [6, 6.07) is 10.0. The highest BCUT2D eigenvalue weighted by Crippen LogP contribution is 2.25. The van der Waals surface area contributed by atoms with Crippen molar-refractivity contribution >= 4 is 33.8 Å². The van der Waals surface area contributed by atoms with E-state index >= 15 is 0 Å². The molecule has 0 aliphatic carbocycles. The van der Waals surface area contributed by atoms with Gasteiger partial charge in [0.2, 0.25) is 5.91 Å². The number of anilines is 2. The van der Waals surface area contributed by atoms with Crippen molar-refractivity contribution in [3.05, 3.63) is 64.3 Å². The first kappa shape index (κ1) is 17.5. The summed E-state index contributed by atoms with van der Waals surface area (Å²) in [5, 5.41) is 18.9. The lowest BCUT2D eigenvalue weighted by Crippen LogP contribution is -2.16. The van der Waals surface area contributed by atoms with E-state index in [4.69, 9.17) is 0 Å². The molecule has 8 nitrogen and oxygen atoms in total. The number of thiazole rings is 1. The molecule has 0 atom stereocenters. The maximum Gasteiger partial charge on any atom is 0.292 e. The van der Waals surface area contributed by atoms with Gasteiger partial charge in [-0.3, -0.25) is 19.9 Å². The molecule has 0 radical (unpaired) electrons. The van der Waals surface area contributed by atoms with Gasteiger partial charge in [0.05, 0.1) is 10.6 Å². The number of para-hydroxylation sites is 2. The lowest BCUT2D eigenvalue weighted by Gasteiger charge is -2.06. The van der Waals surface area contributed by atoms with Crippen LogP contribution in [-0.4, -0.2) is 27.3 Å². The minimum atomic E-state index is -0.460. The number of nitro groups is 1. The van der Waals surface area contributed by atoms with Gasteiger partial charge in [0.25, 0.3) is 5.69 Å². The van der Waals surface area contributed by atoms with Gasteiger partial charge in [0.15, 0.2) is 5.13 Å². The Morgan fingerprint density at radius 2 is 2.08 bits per heavy atom. The van der Waals surface area contributed by atoms with Gasteiger partial charge in [-0.15, -0.1) is 11.3 Å². The summed E-state index contributed by atoms with van der Waals surface area (Å²) in [6.07, 6.45) is 3.55. The van der Waals surface area contributed by atoms with E-state index in [2.05, 4.69) is 20.6 Å². The molecule has 0 saturated carbocycles. The molecule has 26 heavy (non-hydrogen) atoms. The first-order valence-corrected chi connectivity index (χ1v) is 8.64. The molecule has 0 bridgehead atoms. The predicted molar refractivity (Wildman–Crippen MR) is 100 cm³/mol. The van der Waals surface area contributed by atoms with Crippen molar-refractivity contribution in [1.29, 1.82) is 0 Å². The molecule has 0 spiro atoms. The average Bonchev–Trinajstić information content (AvgIpc) is 3.11. The zero-order valence-corrected chi connectivity index (χ0v) is 14.4. The topological polar surface area (TPSA) is 110 Å². The van der Waals surface area contributed by atoms with Gasteiger partial charge >= 0.3 is 0 Å². The van der Waals surface area contributed by atoms with E-state index in [0.29, 0.717) is 10.8 Å². The summed E-state index contributed by atoms with van der Waals surface area (Å²) < 4.78 is 0. The predicted octanol–water partition coefficient (Wildman–Crippen LogP) is 3.55. The third-order valence-electron chi connectivity index (χ3n) is 3.48. The lowest BCUT2D eigenvalue weighted by molar-refractivity contribution is -0.384. The number of carbonyl (C=O) groups excluding carboxylic acids is 1. The minimum absolute atomic E-state index is 0.0195. The summed E-state index contributed by atoms with van der Waals surface area (Å²) in [5.41, 5.74) is 1.99. The fourth-order valence-electron chi connectivity index (χ4n) is 2.25. The summed E-state index contributed by atoms with van der Waals surface area (Å²) in [6.45, 7) is 0.275. The van der Waals surface area contributed by atoms with Crippen LogP contribution in [0.15, 0.2) is 54.2 Å². The Kier molecular flexibility index (Phi) is 5.49. The van der Waals surface area contributed by atoms with Crippen molar-refractivity contribution in [2.45, 2.75) is 6.42 Å². The first-order chi connectivity index (χ1) is 12.6. The highest BCUT2D eigenvalue weighted by molar-refractivity contribution is 7.14. The third kappa shape index (κ3) is 4.39. The van der Waals surface area contributed by atoms with E-state index in [1.807, 2.05) is 17.5 Å². The molecule has 1 amide bonds. The number of nitrogens with one attached hydrogen (secondary N) is 2. The van der Waals surface area contributed by atoms with Gasteiger partial charge in [0.1, 0.15) is 5.69 Å². The molecule has 3 aromatic rings. The average molecular weight is 369 g/mol. The Morgan fingerprint density at radius 3 is 2.85 bits per heavy atom. The standard InChI is InChI=1S/C17H15N5O3S/c23-16(7-9-19-13-5-1-2-6-15(13)22(24)25)21-17-20-14(11-26-17)12-4-3-8-18-10-12/h1-6,8,10-11,19H,7,9H2,(H,20,21,23). The molecule has 132 valence electrons. The van der Waals surface area contributed by atoms with Gasteiger partial charge < -0.3 is 10.6 Å². The van der Waals surface area contributed by atoms with Crippen LogP contribution in [0.25, 0.3) is 11.3 Å². The lowest BCUT2D eigenvalue weighted by atomic mass is 10.2. The van der Waals surface area contributed by atoms with Crippen LogP contribution in [0.1, 0.15) is 6.42 Å². The van der Waals surface area contributed by atoms with Crippen LogP contribution < -0.4 is 10.6 Å². The van der Waals surface area contributed by atoms with Crippen LogP contribution in [-0.2, 0) is 4.79 Å². The molecular formula is C17H15N5O3S. The number of hydrogen-bond donors (Lipinski definition) is 2. The second-order valence-electron chi connectivity index (χ2n) is 5.28. The number of nitrogens with zero attached hydrogens (tertiary/aromatic N) is 3. The van der Waals surface area contributed by atoms with Gasteiger partial charge in [-0.05, 0) is 18.2 Å². The third-order valence-corrected chi connectivity index (χ3v) is 4.23. The zero-order valence-electron chi connectivity index (χ0n) is 13.6. The number of hydrogen-bond acceptors (Lipinski definition) is 7. The molecule has 0 fully saturated rings. The minimum Gasteiger partial charge on any atom is -0.379 e. The number of amides is 1. The van der Waals surface area contributed by atoms with Crippen molar-refractivity contribution in [1.82, 2.24) is 9.97 Å². The molecule has 9 heteroatoms.